The molecule has 0 bridgehead atoms. The number of Topliss-reactive ketones (excluding diaryl/α,β-unsaturated/α-hetero) is 2. The maximum Gasteiger partial charge on any atom is 0.324 e. The molecule has 0 radical (unpaired) electrons. The predicted octanol–water partition coefficient (Wildman–Crippen LogP) is 17.2. The van der Waals surface area contributed by atoms with Crippen LogP contribution in [0.2, 0.25) is 0 Å². The molecule has 58 heavy (non-hydrogen) atoms. The van der Waals surface area contributed by atoms with Gasteiger partial charge in [-0.05, 0) is 116 Å². The van der Waals surface area contributed by atoms with Crippen molar-refractivity contribution in [2.24, 2.45) is 5.41 Å². The Labute approximate surface area is 359 Å². The van der Waals surface area contributed by atoms with E-state index in [0.717, 1.165) is 116 Å². The minimum absolute atomic E-state index is 0.138. The number of rotatable bonds is 44. The zero-order chi connectivity index (χ0) is 42.5. The highest BCUT2D eigenvalue weighted by molar-refractivity contribution is 6.21. The van der Waals surface area contributed by atoms with E-state index in [-0.39, 0.29) is 30.8 Å². The van der Waals surface area contributed by atoms with Crippen LogP contribution in [0.3, 0.4) is 0 Å². The lowest BCUT2D eigenvalue weighted by molar-refractivity contribution is -0.160. The van der Waals surface area contributed by atoms with Gasteiger partial charge in [0.15, 0.2) is 17.0 Å². The van der Waals surface area contributed by atoms with Gasteiger partial charge in [0.1, 0.15) is 0 Å². The first-order valence-electron chi connectivity index (χ1n) is 24.7. The normalized spacial score (nSPS) is 12.6. The minimum atomic E-state index is -1.88. The molecule has 0 aliphatic carbocycles. The molecule has 0 aromatic carbocycles. The van der Waals surface area contributed by atoms with E-state index in [1.165, 1.54) is 70.6 Å². The van der Waals surface area contributed by atoms with Gasteiger partial charge < -0.3 is 5.11 Å². The van der Waals surface area contributed by atoms with Gasteiger partial charge in [-0.2, -0.15) is 0 Å². The van der Waals surface area contributed by atoms with Gasteiger partial charge >= 0.3 is 5.97 Å². The zero-order valence-corrected chi connectivity index (χ0v) is 38.3. The highest BCUT2D eigenvalue weighted by atomic mass is 16.4. The molecule has 1 N–H and O–H groups in total. The number of carboxylic acid groups (broad SMARTS) is 1. The van der Waals surface area contributed by atoms with Gasteiger partial charge in [0.05, 0.1) is 0 Å². The third kappa shape index (κ3) is 33.1. The lowest BCUT2D eigenvalue weighted by atomic mass is 9.72. The number of aliphatic carboxylic acids is 1. The van der Waals surface area contributed by atoms with Crippen molar-refractivity contribution in [1.82, 2.24) is 0 Å². The molecule has 0 saturated heterocycles. The van der Waals surface area contributed by atoms with Crippen LogP contribution in [-0.4, -0.2) is 22.6 Å². The van der Waals surface area contributed by atoms with Gasteiger partial charge in [0, 0.05) is 12.8 Å². The molecule has 0 aromatic rings. The van der Waals surface area contributed by atoms with E-state index in [2.05, 4.69) is 93.7 Å². The Kier molecular flexibility index (Phi) is 41.7. The molecule has 0 aliphatic heterocycles. The number of carbonyl (C=O) groups excluding carboxylic acids is 2. The Balaban J connectivity index is 4.83. The molecule has 0 unspecified atom stereocenters. The second-order valence-electron chi connectivity index (χ2n) is 16.6. The largest absolute Gasteiger partial charge is 0.480 e. The third-order valence-corrected chi connectivity index (χ3v) is 11.3. The average molecular weight is 805 g/mol. The Hall–Kier alpha value is -2.75. The smallest absolute Gasteiger partial charge is 0.324 e. The van der Waals surface area contributed by atoms with Crippen molar-refractivity contribution in [3.8, 4) is 0 Å². The first kappa shape index (κ1) is 55.2. The van der Waals surface area contributed by atoms with E-state index in [0.29, 0.717) is 19.3 Å². The lowest BCUT2D eigenvalue weighted by Gasteiger charge is -2.27. The van der Waals surface area contributed by atoms with E-state index in [1.807, 2.05) is 0 Å². The number of allylic oxidation sites excluding steroid dienone is 12. The van der Waals surface area contributed by atoms with Crippen LogP contribution in [-0.2, 0) is 14.4 Å². The second-order valence-corrected chi connectivity index (χ2v) is 16.6. The van der Waals surface area contributed by atoms with Crippen LogP contribution in [0.15, 0.2) is 72.9 Å². The van der Waals surface area contributed by atoms with Crippen LogP contribution < -0.4 is 0 Å². The van der Waals surface area contributed by atoms with E-state index >= 15 is 0 Å². The molecule has 0 spiro atoms. The van der Waals surface area contributed by atoms with Crippen molar-refractivity contribution in [3.05, 3.63) is 72.9 Å². The van der Waals surface area contributed by atoms with Gasteiger partial charge in [-0.15, -0.1) is 0 Å². The summed E-state index contributed by atoms with van der Waals surface area (Å²) in [5.74, 6) is -1.94. The predicted molar refractivity (Wildman–Crippen MR) is 254 cm³/mol. The van der Waals surface area contributed by atoms with Crippen LogP contribution in [0.25, 0.3) is 0 Å². The van der Waals surface area contributed by atoms with Crippen molar-refractivity contribution in [3.63, 3.8) is 0 Å². The summed E-state index contributed by atoms with van der Waals surface area (Å²) < 4.78 is 0. The van der Waals surface area contributed by atoms with Crippen LogP contribution in [0, 0.1) is 5.41 Å². The van der Waals surface area contributed by atoms with Gasteiger partial charge in [0.25, 0.3) is 0 Å². The first-order chi connectivity index (χ1) is 28.5. The third-order valence-electron chi connectivity index (χ3n) is 11.3. The molecule has 0 rings (SSSR count). The Morgan fingerprint density at radius 3 is 0.897 bits per heavy atom. The molecular formula is C54H92O4. The Bertz CT molecular complexity index is 1080. The SMILES string of the molecule is CCCCC/C=C\C/C=C\CCCCCCCC(=O)C(CCCCCC/C=C\C/C=C\CCCCC)(C(=O)O)C(=O)CCCCCCC/C=C\C/C=C\CCCCC. The molecular weight excluding hydrogens is 713 g/mol. The molecule has 332 valence electrons. The van der Waals surface area contributed by atoms with E-state index in [4.69, 9.17) is 0 Å². The summed E-state index contributed by atoms with van der Waals surface area (Å²) in [5.41, 5.74) is -1.88. The monoisotopic (exact) mass is 805 g/mol. The Morgan fingerprint density at radius 1 is 0.345 bits per heavy atom. The lowest BCUT2D eigenvalue weighted by Crippen LogP contribution is -2.46. The van der Waals surface area contributed by atoms with Gasteiger partial charge in [-0.1, -0.05) is 190 Å². The fourth-order valence-electron chi connectivity index (χ4n) is 7.43. The van der Waals surface area contributed by atoms with Gasteiger partial charge in [-0.25, -0.2) is 0 Å². The van der Waals surface area contributed by atoms with E-state index < -0.39 is 11.4 Å². The number of hydrogen-bond acceptors (Lipinski definition) is 3. The molecule has 0 fully saturated rings. The highest BCUT2D eigenvalue weighted by Crippen LogP contribution is 2.33. The van der Waals surface area contributed by atoms with Crippen LogP contribution >= 0.6 is 0 Å². The van der Waals surface area contributed by atoms with E-state index in [1.54, 1.807) is 0 Å². The standard InChI is InChI=1S/C54H92O4/c1-4-7-10-13-16-19-22-25-28-30-33-36-39-42-45-48-51(55)54(53(57)58,50-47-44-41-38-35-32-27-24-21-18-15-12-9-6-3)52(56)49-46-43-40-37-34-31-29-26-23-20-17-14-11-8-5-2/h16-21,25-29,32H,4-15,22-24,30-31,33-50H2,1-3H3,(H,57,58)/b19-16-,20-17-,21-18-,28-25-,29-26-,32-27-. The van der Waals surface area contributed by atoms with Crippen molar-refractivity contribution < 1.29 is 19.5 Å². The summed E-state index contributed by atoms with van der Waals surface area (Å²) in [4.78, 5) is 40.4. The maximum atomic E-state index is 13.8. The molecule has 0 aliphatic rings. The molecule has 4 nitrogen and oxygen atoms in total. The quantitative estimate of drug-likeness (QED) is 0.0378. The number of carboxylic acids is 1. The Morgan fingerprint density at radius 2 is 0.603 bits per heavy atom. The van der Waals surface area contributed by atoms with E-state index in [9.17, 15) is 19.5 Å². The van der Waals surface area contributed by atoms with Crippen molar-refractivity contribution >= 4 is 17.5 Å². The fourth-order valence-corrected chi connectivity index (χ4v) is 7.43. The number of hydrogen-bond donors (Lipinski definition) is 1. The van der Waals surface area contributed by atoms with Gasteiger partial charge in [-0.3, -0.25) is 14.4 Å². The summed E-state index contributed by atoms with van der Waals surface area (Å²) in [6.07, 6.45) is 61.9. The molecule has 0 aromatic heterocycles. The fraction of sp³-hybridized carbons (Fsp3) is 0.722. The second kappa shape index (κ2) is 43.8. The topological polar surface area (TPSA) is 71.4 Å². The molecule has 0 atom stereocenters. The van der Waals surface area contributed by atoms with Crippen molar-refractivity contribution in [2.75, 3.05) is 0 Å². The summed E-state index contributed by atoms with van der Waals surface area (Å²) in [5, 5.41) is 10.5. The highest BCUT2D eigenvalue weighted by Gasteiger charge is 2.50. The van der Waals surface area contributed by atoms with Crippen molar-refractivity contribution in [2.45, 2.75) is 245 Å². The molecule has 0 saturated carbocycles. The number of carbonyl (C=O) groups is 3. The number of ketones is 2. The summed E-state index contributed by atoms with van der Waals surface area (Å²) in [7, 11) is 0. The summed E-state index contributed by atoms with van der Waals surface area (Å²) >= 11 is 0. The molecule has 4 heteroatoms. The summed E-state index contributed by atoms with van der Waals surface area (Å²) in [6, 6.07) is 0. The van der Waals surface area contributed by atoms with Crippen LogP contribution in [0.1, 0.15) is 245 Å². The van der Waals surface area contributed by atoms with Gasteiger partial charge in [0.2, 0.25) is 0 Å². The van der Waals surface area contributed by atoms with Crippen molar-refractivity contribution in [1.29, 1.82) is 0 Å². The first-order valence-corrected chi connectivity index (χ1v) is 24.7. The maximum absolute atomic E-state index is 13.8. The van der Waals surface area contributed by atoms with Crippen LogP contribution in [0.4, 0.5) is 0 Å². The zero-order valence-electron chi connectivity index (χ0n) is 38.3. The van der Waals surface area contributed by atoms with Crippen LogP contribution in [0.5, 0.6) is 0 Å². The number of unbranched alkanes of at least 4 members (excludes halogenated alkanes) is 23. The molecule has 0 amide bonds. The average Bonchev–Trinajstić information content (AvgIpc) is 3.22. The summed E-state index contributed by atoms with van der Waals surface area (Å²) in [6.45, 7) is 6.70. The molecule has 0 heterocycles. The minimum Gasteiger partial charge on any atom is -0.480 e.